The molecular weight excluding hydrogens is 428 g/mol. The van der Waals surface area contributed by atoms with E-state index >= 15 is 0 Å². The number of aryl methyl sites for hydroxylation is 2. The lowest BCUT2D eigenvalue weighted by molar-refractivity contribution is 0.429. The smallest absolute Gasteiger partial charge is 0.221 e. The first-order chi connectivity index (χ1) is 14.9. The van der Waals surface area contributed by atoms with Crippen LogP contribution in [0.2, 0.25) is 5.02 Å². The predicted octanol–water partition coefficient (Wildman–Crippen LogP) is 7.15. The molecule has 5 nitrogen and oxygen atoms in total. The van der Waals surface area contributed by atoms with Gasteiger partial charge in [-0.05, 0) is 55.4 Å². The highest BCUT2D eigenvalue weighted by Gasteiger charge is 2.17. The van der Waals surface area contributed by atoms with Gasteiger partial charge in [-0.15, -0.1) is 10.2 Å². The summed E-state index contributed by atoms with van der Waals surface area (Å²) in [6.07, 6.45) is 0. The van der Waals surface area contributed by atoms with Crippen molar-refractivity contribution in [2.75, 3.05) is 5.32 Å². The van der Waals surface area contributed by atoms with Gasteiger partial charge in [-0.25, -0.2) is 0 Å². The summed E-state index contributed by atoms with van der Waals surface area (Å²) in [7, 11) is 0. The zero-order valence-corrected chi connectivity index (χ0v) is 18.7. The number of aromatic hydroxyl groups is 1. The van der Waals surface area contributed by atoms with Crippen LogP contribution in [-0.4, -0.2) is 14.8 Å². The molecule has 3 aromatic carbocycles. The Hall–Kier alpha value is -3.22. The minimum absolute atomic E-state index is 0.0487. The molecule has 0 amide bonds. The van der Waals surface area contributed by atoms with Gasteiger partial charge >= 0.3 is 0 Å². The van der Waals surface area contributed by atoms with Gasteiger partial charge in [0.05, 0.1) is 12.1 Å². The zero-order chi connectivity index (χ0) is 22.0. The lowest BCUT2D eigenvalue weighted by Gasteiger charge is -2.08. The fraction of sp³-hybridized carbons (Fsp3) is 0.125. The molecule has 0 aliphatic carbocycles. The summed E-state index contributed by atoms with van der Waals surface area (Å²) in [5, 5.41) is 23.9. The molecule has 4 aromatic rings. The second-order valence-electron chi connectivity index (χ2n) is 7.36. The molecular formula is C24H21ClN4OS. The average Bonchev–Trinajstić information content (AvgIpc) is 3.00. The third-order valence-electron chi connectivity index (χ3n) is 5.00. The van der Waals surface area contributed by atoms with Crippen molar-refractivity contribution in [1.82, 2.24) is 4.57 Å². The first-order valence-electron chi connectivity index (χ1n) is 9.77. The lowest BCUT2D eigenvalue weighted by atomic mass is 10.1. The van der Waals surface area contributed by atoms with Gasteiger partial charge in [-0.3, -0.25) is 0 Å². The number of fused-ring (bicyclic) bond motifs is 1. The molecule has 0 fully saturated rings. The van der Waals surface area contributed by atoms with Crippen molar-refractivity contribution < 1.29 is 5.11 Å². The van der Waals surface area contributed by atoms with Crippen LogP contribution in [-0.2, 0) is 6.54 Å². The molecule has 0 bridgehead atoms. The number of nitrogens with one attached hydrogen (secondary N) is 1. The fourth-order valence-electron chi connectivity index (χ4n) is 3.44. The molecule has 0 radical (unpaired) electrons. The minimum atomic E-state index is 0.0487. The normalized spacial score (nSPS) is 11.3. The van der Waals surface area contributed by atoms with Gasteiger partial charge in [-0.1, -0.05) is 65.7 Å². The highest BCUT2D eigenvalue weighted by molar-refractivity contribution is 7.80. The van der Waals surface area contributed by atoms with Crippen molar-refractivity contribution in [1.29, 1.82) is 0 Å². The van der Waals surface area contributed by atoms with E-state index in [0.29, 0.717) is 17.3 Å². The number of halogens is 1. The number of hydrogen-bond acceptors (Lipinski definition) is 3. The molecule has 1 heterocycles. The third kappa shape index (κ3) is 4.60. The SMILES string of the molecule is Cc1cccc(Cn2c(O)c(N=NC(=S)Nc3ccc(C)c(Cl)c3)c3ccccc32)c1. The molecule has 0 saturated carbocycles. The summed E-state index contributed by atoms with van der Waals surface area (Å²) in [4.78, 5) is 0. The number of aromatic nitrogens is 1. The molecule has 0 aliphatic heterocycles. The maximum Gasteiger partial charge on any atom is 0.221 e. The Kier molecular flexibility index (Phi) is 6.02. The number of para-hydroxylation sites is 1. The predicted molar refractivity (Wildman–Crippen MR) is 131 cm³/mol. The molecule has 0 unspecified atom stereocenters. The Morgan fingerprint density at radius 2 is 1.87 bits per heavy atom. The van der Waals surface area contributed by atoms with Crippen LogP contribution in [0.1, 0.15) is 16.7 Å². The van der Waals surface area contributed by atoms with Gasteiger partial charge < -0.3 is 15.0 Å². The molecule has 4 rings (SSSR count). The highest BCUT2D eigenvalue weighted by Crippen LogP contribution is 2.39. The second kappa shape index (κ2) is 8.88. The van der Waals surface area contributed by atoms with E-state index in [4.69, 9.17) is 23.8 Å². The van der Waals surface area contributed by atoms with E-state index in [2.05, 4.69) is 21.6 Å². The van der Waals surface area contributed by atoms with E-state index in [1.165, 1.54) is 5.56 Å². The van der Waals surface area contributed by atoms with Gasteiger partial charge in [0.2, 0.25) is 11.0 Å². The highest BCUT2D eigenvalue weighted by atomic mass is 35.5. The van der Waals surface area contributed by atoms with E-state index in [-0.39, 0.29) is 11.0 Å². The Labute approximate surface area is 191 Å². The van der Waals surface area contributed by atoms with Gasteiger partial charge in [0.1, 0.15) is 0 Å². The molecule has 7 heteroatoms. The molecule has 0 saturated heterocycles. The summed E-state index contributed by atoms with van der Waals surface area (Å²) in [6.45, 7) is 4.50. The number of anilines is 1. The van der Waals surface area contributed by atoms with Crippen molar-refractivity contribution >= 4 is 51.2 Å². The number of rotatable bonds is 4. The minimum Gasteiger partial charge on any atom is -0.493 e. The Morgan fingerprint density at radius 3 is 2.65 bits per heavy atom. The topological polar surface area (TPSA) is 61.9 Å². The van der Waals surface area contributed by atoms with E-state index < -0.39 is 0 Å². The number of thiocarbonyl (C=S) groups is 1. The van der Waals surface area contributed by atoms with E-state index in [1.807, 2.05) is 73.0 Å². The summed E-state index contributed by atoms with van der Waals surface area (Å²) in [6, 6.07) is 21.4. The summed E-state index contributed by atoms with van der Waals surface area (Å²) in [5.74, 6) is 0.0487. The number of nitrogens with zero attached hydrogens (tertiary/aromatic N) is 3. The molecule has 156 valence electrons. The molecule has 31 heavy (non-hydrogen) atoms. The summed E-state index contributed by atoms with van der Waals surface area (Å²) >= 11 is 11.5. The summed E-state index contributed by atoms with van der Waals surface area (Å²) in [5.41, 5.74) is 5.22. The van der Waals surface area contributed by atoms with Crippen molar-refractivity contribution in [2.24, 2.45) is 10.2 Å². The number of hydrogen-bond donors (Lipinski definition) is 2. The van der Waals surface area contributed by atoms with Crippen LogP contribution in [0.5, 0.6) is 5.88 Å². The van der Waals surface area contributed by atoms with Crippen molar-refractivity contribution in [3.05, 3.63) is 88.4 Å². The van der Waals surface area contributed by atoms with Crippen molar-refractivity contribution in [3.8, 4) is 5.88 Å². The lowest BCUT2D eigenvalue weighted by Crippen LogP contribution is -2.04. The standard InChI is InChI=1S/C24H21ClN4OS/c1-15-6-5-7-17(12-15)14-29-21-9-4-3-8-19(21)22(23(29)30)27-28-24(31)26-18-11-10-16(2)20(25)13-18/h3-13,30H,14H2,1-2H3,(H,26,31). The average molecular weight is 449 g/mol. The van der Waals surface area contributed by atoms with Crippen LogP contribution in [0.3, 0.4) is 0 Å². The van der Waals surface area contributed by atoms with Crippen molar-refractivity contribution in [2.45, 2.75) is 20.4 Å². The molecule has 0 aliphatic rings. The van der Waals surface area contributed by atoms with Crippen molar-refractivity contribution in [3.63, 3.8) is 0 Å². The molecule has 0 spiro atoms. The Balaban J connectivity index is 1.63. The van der Waals surface area contributed by atoms with E-state index in [1.54, 1.807) is 6.07 Å². The zero-order valence-electron chi connectivity index (χ0n) is 17.1. The van der Waals surface area contributed by atoms with Crippen LogP contribution in [0.4, 0.5) is 11.4 Å². The molecule has 0 atom stereocenters. The quantitative estimate of drug-likeness (QED) is 0.257. The van der Waals surface area contributed by atoms with Gasteiger partial charge in [0, 0.05) is 16.1 Å². The number of benzene rings is 3. The summed E-state index contributed by atoms with van der Waals surface area (Å²) < 4.78 is 1.83. The van der Waals surface area contributed by atoms with E-state index in [9.17, 15) is 5.11 Å². The van der Waals surface area contributed by atoms with Crippen LogP contribution in [0.25, 0.3) is 10.9 Å². The first kappa shape index (κ1) is 21.0. The third-order valence-corrected chi connectivity index (χ3v) is 5.60. The maximum absolute atomic E-state index is 10.9. The van der Waals surface area contributed by atoms with Crippen LogP contribution >= 0.6 is 23.8 Å². The largest absolute Gasteiger partial charge is 0.493 e. The second-order valence-corrected chi connectivity index (χ2v) is 8.15. The fourth-order valence-corrected chi connectivity index (χ4v) is 3.78. The van der Waals surface area contributed by atoms with Gasteiger partial charge in [-0.2, -0.15) is 0 Å². The van der Waals surface area contributed by atoms with Crippen LogP contribution in [0.15, 0.2) is 77.0 Å². The Bertz CT molecular complexity index is 1310. The van der Waals surface area contributed by atoms with Crippen LogP contribution < -0.4 is 5.32 Å². The molecule has 1 aromatic heterocycles. The molecule has 2 N–H and O–H groups in total. The van der Waals surface area contributed by atoms with Gasteiger partial charge in [0.25, 0.3) is 0 Å². The van der Waals surface area contributed by atoms with E-state index in [0.717, 1.165) is 27.7 Å². The Morgan fingerprint density at radius 1 is 1.06 bits per heavy atom. The first-order valence-corrected chi connectivity index (χ1v) is 10.6. The van der Waals surface area contributed by atoms with Crippen LogP contribution in [0, 0.1) is 13.8 Å². The van der Waals surface area contributed by atoms with Gasteiger partial charge in [0.15, 0.2) is 5.69 Å². The number of azo groups is 1. The maximum atomic E-state index is 10.9. The monoisotopic (exact) mass is 448 g/mol.